The van der Waals surface area contributed by atoms with Crippen molar-refractivity contribution in [1.29, 1.82) is 0 Å². The van der Waals surface area contributed by atoms with E-state index in [1.54, 1.807) is 12.4 Å². The summed E-state index contributed by atoms with van der Waals surface area (Å²) in [6.45, 7) is 11.1. The van der Waals surface area contributed by atoms with Gasteiger partial charge in [0.2, 0.25) is 0 Å². The number of nitrogens with zero attached hydrogens (tertiary/aromatic N) is 5. The lowest BCUT2D eigenvalue weighted by atomic mass is 9.87. The van der Waals surface area contributed by atoms with E-state index in [2.05, 4.69) is 73.5 Å². The van der Waals surface area contributed by atoms with Crippen molar-refractivity contribution >= 4 is 12.2 Å². The van der Waals surface area contributed by atoms with Gasteiger partial charge >= 0.3 is 0 Å². The van der Waals surface area contributed by atoms with Gasteiger partial charge < -0.3 is 4.57 Å². The maximum Gasteiger partial charge on any atom is 0.199 e. The Morgan fingerprint density at radius 3 is 2.25 bits per heavy atom. The van der Waals surface area contributed by atoms with Crippen molar-refractivity contribution in [3.63, 3.8) is 0 Å². The van der Waals surface area contributed by atoms with Gasteiger partial charge in [0.25, 0.3) is 0 Å². The van der Waals surface area contributed by atoms with Crippen LogP contribution >= 0.6 is 12.2 Å². The Morgan fingerprint density at radius 2 is 1.68 bits per heavy atom. The molecule has 28 heavy (non-hydrogen) atoms. The second-order valence-electron chi connectivity index (χ2n) is 8.19. The zero-order chi connectivity index (χ0) is 20.3. The molecule has 0 N–H and O–H groups in total. The smallest absolute Gasteiger partial charge is 0.199 e. The lowest BCUT2D eigenvalue weighted by Gasteiger charge is -2.20. The van der Waals surface area contributed by atoms with Crippen LogP contribution in [0, 0.1) is 4.77 Å². The van der Waals surface area contributed by atoms with Crippen LogP contribution in [0.3, 0.4) is 0 Å². The van der Waals surface area contributed by atoms with Crippen LogP contribution in [-0.2, 0) is 25.2 Å². The third-order valence-corrected chi connectivity index (χ3v) is 5.26. The first kappa shape index (κ1) is 20.4. The maximum absolute atomic E-state index is 5.67. The Balaban J connectivity index is 1.76. The molecular weight excluding hydrogens is 366 g/mol. The van der Waals surface area contributed by atoms with E-state index in [0.29, 0.717) is 6.67 Å². The number of pyridine rings is 1. The molecule has 0 aliphatic carbocycles. The Hall–Kier alpha value is -2.31. The number of hydrogen-bond donors (Lipinski definition) is 0. The van der Waals surface area contributed by atoms with Crippen LogP contribution in [0.2, 0.25) is 0 Å². The molecule has 0 fully saturated rings. The van der Waals surface area contributed by atoms with Gasteiger partial charge in [-0.05, 0) is 54.9 Å². The average Bonchev–Trinajstić information content (AvgIpc) is 2.97. The quantitative estimate of drug-likeness (QED) is 0.558. The fourth-order valence-corrected chi connectivity index (χ4v) is 3.55. The number of aromatic nitrogens is 4. The van der Waals surface area contributed by atoms with E-state index in [4.69, 9.17) is 17.3 Å². The zero-order valence-electron chi connectivity index (χ0n) is 17.4. The summed E-state index contributed by atoms with van der Waals surface area (Å²) >= 11 is 5.67. The van der Waals surface area contributed by atoms with E-state index >= 15 is 0 Å². The topological polar surface area (TPSA) is 38.9 Å². The predicted molar refractivity (Wildman–Crippen MR) is 117 cm³/mol. The van der Waals surface area contributed by atoms with Crippen LogP contribution < -0.4 is 0 Å². The fourth-order valence-electron chi connectivity index (χ4n) is 3.23. The molecule has 1 aromatic carbocycles. The SMILES string of the molecule is CCn1c(-c2ccncc2)nn(CN(C)Cc2ccc(C(C)(C)C)cc2)c1=S. The summed E-state index contributed by atoms with van der Waals surface area (Å²) in [5, 5.41) is 4.78. The minimum Gasteiger partial charge on any atom is -0.300 e. The molecule has 3 rings (SSSR count). The summed E-state index contributed by atoms with van der Waals surface area (Å²) in [7, 11) is 2.09. The van der Waals surface area contributed by atoms with Gasteiger partial charge in [0.05, 0.1) is 6.67 Å². The number of benzene rings is 1. The van der Waals surface area contributed by atoms with Gasteiger partial charge in [-0.3, -0.25) is 9.88 Å². The molecule has 0 saturated carbocycles. The van der Waals surface area contributed by atoms with Crippen LogP contribution in [0.5, 0.6) is 0 Å². The molecular formula is C22H29N5S. The second kappa shape index (κ2) is 8.37. The third kappa shape index (κ3) is 4.56. The van der Waals surface area contributed by atoms with Crippen molar-refractivity contribution in [1.82, 2.24) is 24.2 Å². The van der Waals surface area contributed by atoms with E-state index in [1.165, 1.54) is 11.1 Å². The lowest BCUT2D eigenvalue weighted by Crippen LogP contribution is -2.22. The lowest BCUT2D eigenvalue weighted by molar-refractivity contribution is 0.244. The molecule has 0 aliphatic heterocycles. The van der Waals surface area contributed by atoms with Gasteiger partial charge in [0.1, 0.15) is 0 Å². The van der Waals surface area contributed by atoms with Crippen molar-refractivity contribution in [2.24, 2.45) is 0 Å². The van der Waals surface area contributed by atoms with Crippen LogP contribution in [0.25, 0.3) is 11.4 Å². The van der Waals surface area contributed by atoms with Crippen LogP contribution in [0.15, 0.2) is 48.8 Å². The number of hydrogen-bond acceptors (Lipinski definition) is 4. The van der Waals surface area contributed by atoms with E-state index in [1.807, 2.05) is 16.8 Å². The largest absolute Gasteiger partial charge is 0.300 e. The third-order valence-electron chi connectivity index (χ3n) is 4.83. The molecule has 0 radical (unpaired) electrons. The van der Waals surface area contributed by atoms with Crippen molar-refractivity contribution in [2.75, 3.05) is 7.05 Å². The number of rotatable bonds is 6. The molecule has 0 spiro atoms. The van der Waals surface area contributed by atoms with Crippen LogP contribution in [0.4, 0.5) is 0 Å². The second-order valence-corrected chi connectivity index (χ2v) is 8.55. The molecule has 6 heteroatoms. The van der Waals surface area contributed by atoms with Gasteiger partial charge in [-0.1, -0.05) is 45.0 Å². The van der Waals surface area contributed by atoms with Crippen molar-refractivity contribution in [3.8, 4) is 11.4 Å². The van der Waals surface area contributed by atoms with E-state index in [0.717, 1.165) is 29.2 Å². The van der Waals surface area contributed by atoms with Crippen molar-refractivity contribution in [3.05, 3.63) is 64.7 Å². The van der Waals surface area contributed by atoms with Gasteiger partial charge in [0, 0.05) is 31.0 Å². The molecule has 0 amide bonds. The molecule has 5 nitrogen and oxygen atoms in total. The molecule has 3 aromatic rings. The summed E-state index contributed by atoms with van der Waals surface area (Å²) in [6, 6.07) is 12.8. The Morgan fingerprint density at radius 1 is 1.04 bits per heavy atom. The van der Waals surface area contributed by atoms with Crippen LogP contribution in [-0.4, -0.2) is 31.3 Å². The summed E-state index contributed by atoms with van der Waals surface area (Å²) < 4.78 is 4.71. The maximum atomic E-state index is 5.67. The highest BCUT2D eigenvalue weighted by atomic mass is 32.1. The van der Waals surface area contributed by atoms with Gasteiger partial charge in [0.15, 0.2) is 10.6 Å². The average molecular weight is 396 g/mol. The highest BCUT2D eigenvalue weighted by Crippen LogP contribution is 2.22. The minimum atomic E-state index is 0.174. The molecule has 2 heterocycles. The molecule has 0 aliphatic rings. The summed E-state index contributed by atoms with van der Waals surface area (Å²) in [5.74, 6) is 0.887. The highest BCUT2D eigenvalue weighted by molar-refractivity contribution is 7.71. The standard InChI is InChI=1S/C22H29N5S/c1-6-26-20(18-11-13-23-14-12-18)24-27(21(26)28)16-25(5)15-17-7-9-19(10-8-17)22(2,3)4/h7-14H,6,15-16H2,1-5H3. The Labute approximate surface area is 172 Å². The first-order chi connectivity index (χ1) is 13.3. The molecule has 0 bridgehead atoms. The monoisotopic (exact) mass is 395 g/mol. The summed E-state index contributed by atoms with van der Waals surface area (Å²) in [5.41, 5.74) is 3.84. The first-order valence-corrected chi connectivity index (χ1v) is 10.1. The fraction of sp³-hybridized carbons (Fsp3) is 0.409. The van der Waals surface area contributed by atoms with Gasteiger partial charge in [-0.15, -0.1) is 0 Å². The van der Waals surface area contributed by atoms with Gasteiger partial charge in [-0.2, -0.15) is 5.10 Å². The highest BCUT2D eigenvalue weighted by Gasteiger charge is 2.14. The Kier molecular flexibility index (Phi) is 6.10. The van der Waals surface area contributed by atoms with E-state index in [9.17, 15) is 0 Å². The first-order valence-electron chi connectivity index (χ1n) is 9.65. The minimum absolute atomic E-state index is 0.174. The molecule has 148 valence electrons. The van der Waals surface area contributed by atoms with E-state index in [-0.39, 0.29) is 5.41 Å². The summed E-state index contributed by atoms with van der Waals surface area (Å²) in [4.78, 5) is 6.32. The van der Waals surface area contributed by atoms with Crippen molar-refractivity contribution in [2.45, 2.75) is 52.9 Å². The summed E-state index contributed by atoms with van der Waals surface area (Å²) in [6.07, 6.45) is 3.57. The normalized spacial score (nSPS) is 11.9. The van der Waals surface area contributed by atoms with Crippen molar-refractivity contribution < 1.29 is 0 Å². The molecule has 0 unspecified atom stereocenters. The van der Waals surface area contributed by atoms with Gasteiger partial charge in [-0.25, -0.2) is 4.68 Å². The van der Waals surface area contributed by atoms with E-state index < -0.39 is 0 Å². The molecule has 0 atom stereocenters. The zero-order valence-corrected chi connectivity index (χ0v) is 18.2. The van der Waals surface area contributed by atoms with Crippen LogP contribution in [0.1, 0.15) is 38.8 Å². The Bertz CT molecular complexity index is 965. The molecule has 0 saturated heterocycles. The molecule has 2 aromatic heterocycles. The predicted octanol–water partition coefficient (Wildman–Crippen LogP) is 4.88.